The van der Waals surface area contributed by atoms with Gasteiger partial charge in [0.05, 0.1) is 23.0 Å². The molecule has 3 heterocycles. The van der Waals surface area contributed by atoms with Crippen LogP contribution in [-0.2, 0) is 9.31 Å². The summed E-state index contributed by atoms with van der Waals surface area (Å²) in [5.74, 6) is 0. The number of aromatic nitrogens is 3. The summed E-state index contributed by atoms with van der Waals surface area (Å²) < 4.78 is 13.8. The molecule has 0 atom stereocenters. The molecule has 3 rings (SSSR count). The number of rotatable bonds is 1. The minimum absolute atomic E-state index is 0.344. The van der Waals surface area contributed by atoms with E-state index >= 15 is 0 Å². The van der Waals surface area contributed by atoms with Gasteiger partial charge in [-0.05, 0) is 27.7 Å². The van der Waals surface area contributed by atoms with Gasteiger partial charge in [-0.3, -0.25) is 4.98 Å². The summed E-state index contributed by atoms with van der Waals surface area (Å²) in [4.78, 5) is 8.52. The van der Waals surface area contributed by atoms with E-state index in [9.17, 15) is 0 Å². The second kappa shape index (κ2) is 3.55. The fourth-order valence-electron chi connectivity index (χ4n) is 1.93. The highest BCUT2D eigenvalue weighted by atomic mass is 16.7. The third kappa shape index (κ3) is 1.64. The Morgan fingerprint density at radius 1 is 1.11 bits per heavy atom. The molecule has 0 bridgehead atoms. The van der Waals surface area contributed by atoms with Crippen molar-refractivity contribution < 1.29 is 9.31 Å². The van der Waals surface area contributed by atoms with Gasteiger partial charge in [0.1, 0.15) is 0 Å². The van der Waals surface area contributed by atoms with Crippen molar-refractivity contribution in [1.29, 1.82) is 0 Å². The monoisotopic (exact) mass is 245 g/mol. The third-order valence-electron chi connectivity index (χ3n) is 3.79. The first kappa shape index (κ1) is 11.7. The lowest BCUT2D eigenvalue weighted by molar-refractivity contribution is 0.00578. The van der Waals surface area contributed by atoms with E-state index in [2.05, 4.69) is 9.97 Å². The first-order valence-electron chi connectivity index (χ1n) is 6.03. The number of nitrogens with zero attached hydrogens (tertiary/aromatic N) is 3. The smallest absolute Gasteiger partial charge is 0.398 e. The fourth-order valence-corrected chi connectivity index (χ4v) is 1.93. The van der Waals surface area contributed by atoms with Crippen LogP contribution in [0.25, 0.3) is 5.65 Å². The number of hydrogen-bond donors (Lipinski definition) is 0. The van der Waals surface area contributed by atoms with Crippen LogP contribution < -0.4 is 5.59 Å². The van der Waals surface area contributed by atoms with Gasteiger partial charge in [-0.25, -0.2) is 4.98 Å². The van der Waals surface area contributed by atoms with Crippen molar-refractivity contribution in [3.8, 4) is 0 Å². The molecule has 6 heteroatoms. The number of hydrogen-bond acceptors (Lipinski definition) is 4. The Kier molecular flexibility index (Phi) is 2.31. The van der Waals surface area contributed by atoms with Crippen LogP contribution >= 0.6 is 0 Å². The maximum atomic E-state index is 5.96. The van der Waals surface area contributed by atoms with Crippen LogP contribution in [0.4, 0.5) is 0 Å². The van der Waals surface area contributed by atoms with Crippen molar-refractivity contribution in [2.75, 3.05) is 0 Å². The summed E-state index contributed by atoms with van der Waals surface area (Å²) in [6, 6.07) is 0. The zero-order chi connectivity index (χ0) is 13.0. The molecule has 0 saturated carbocycles. The van der Waals surface area contributed by atoms with Gasteiger partial charge in [0.25, 0.3) is 0 Å². The van der Waals surface area contributed by atoms with Crippen LogP contribution in [0.2, 0.25) is 0 Å². The molecule has 1 saturated heterocycles. The lowest BCUT2D eigenvalue weighted by Crippen LogP contribution is -2.41. The molecule has 2 aromatic heterocycles. The maximum Gasteiger partial charge on any atom is 0.516 e. The quantitative estimate of drug-likeness (QED) is 0.704. The van der Waals surface area contributed by atoms with Crippen molar-refractivity contribution >= 4 is 18.4 Å². The third-order valence-corrected chi connectivity index (χ3v) is 3.79. The molecule has 1 aliphatic rings. The van der Waals surface area contributed by atoms with E-state index in [4.69, 9.17) is 9.31 Å². The Balaban J connectivity index is 1.96. The fraction of sp³-hybridized carbons (Fsp3) is 0.500. The van der Waals surface area contributed by atoms with Crippen LogP contribution in [-0.4, -0.2) is 32.7 Å². The molecule has 2 aromatic rings. The van der Waals surface area contributed by atoms with Crippen LogP contribution in [0.5, 0.6) is 0 Å². The Morgan fingerprint density at radius 2 is 1.78 bits per heavy atom. The van der Waals surface area contributed by atoms with Crippen molar-refractivity contribution in [2.45, 2.75) is 38.9 Å². The molecule has 0 spiro atoms. The van der Waals surface area contributed by atoms with Crippen molar-refractivity contribution in [1.82, 2.24) is 14.4 Å². The summed E-state index contributed by atoms with van der Waals surface area (Å²) in [6.07, 6.45) is 7.24. The predicted octanol–water partition coefficient (Wildman–Crippen LogP) is 1.03. The normalized spacial score (nSPS) is 21.7. The second-order valence-electron chi connectivity index (χ2n) is 5.59. The van der Waals surface area contributed by atoms with E-state index in [1.165, 1.54) is 0 Å². The molecule has 5 nitrogen and oxygen atoms in total. The van der Waals surface area contributed by atoms with Crippen molar-refractivity contribution in [2.24, 2.45) is 0 Å². The minimum atomic E-state index is -0.429. The lowest BCUT2D eigenvalue weighted by Gasteiger charge is -2.32. The molecule has 0 N–H and O–H groups in total. The van der Waals surface area contributed by atoms with Gasteiger partial charge in [0.2, 0.25) is 0 Å². The summed E-state index contributed by atoms with van der Waals surface area (Å²) >= 11 is 0. The van der Waals surface area contributed by atoms with Gasteiger partial charge in [0.15, 0.2) is 5.65 Å². The topological polar surface area (TPSA) is 48.7 Å². The van der Waals surface area contributed by atoms with Crippen molar-refractivity contribution in [3.63, 3.8) is 0 Å². The summed E-state index contributed by atoms with van der Waals surface area (Å²) in [7, 11) is -0.429. The first-order chi connectivity index (χ1) is 8.39. The van der Waals surface area contributed by atoms with Gasteiger partial charge < -0.3 is 13.7 Å². The molecular weight excluding hydrogens is 229 g/mol. The molecular formula is C12H16BN3O2. The van der Waals surface area contributed by atoms with Gasteiger partial charge in [0, 0.05) is 18.6 Å². The van der Waals surface area contributed by atoms with E-state index in [0.29, 0.717) is 0 Å². The zero-order valence-electron chi connectivity index (χ0n) is 11.0. The Labute approximate surface area is 106 Å². The molecule has 0 radical (unpaired) electrons. The van der Waals surface area contributed by atoms with E-state index < -0.39 is 7.12 Å². The van der Waals surface area contributed by atoms with E-state index in [-0.39, 0.29) is 11.2 Å². The molecule has 0 amide bonds. The van der Waals surface area contributed by atoms with Crippen LogP contribution in [0.15, 0.2) is 24.8 Å². The largest absolute Gasteiger partial charge is 0.516 e. The van der Waals surface area contributed by atoms with Gasteiger partial charge in [-0.1, -0.05) is 0 Å². The van der Waals surface area contributed by atoms with E-state index in [1.54, 1.807) is 12.4 Å². The SMILES string of the molecule is CC1(C)OB(c2cn3ccnc3cn2)OC1(C)C. The molecule has 18 heavy (non-hydrogen) atoms. The minimum Gasteiger partial charge on any atom is -0.398 e. The Morgan fingerprint density at radius 3 is 2.44 bits per heavy atom. The molecule has 94 valence electrons. The highest BCUT2D eigenvalue weighted by Gasteiger charge is 2.52. The standard InChI is InChI=1S/C12H16BN3O2/c1-11(2)12(3,4)18-13(17-11)9-8-16-6-5-14-10(16)7-15-9/h5-8H,1-4H3. The van der Waals surface area contributed by atoms with E-state index in [0.717, 1.165) is 11.2 Å². The molecule has 0 unspecified atom stereocenters. The second-order valence-corrected chi connectivity index (χ2v) is 5.59. The van der Waals surface area contributed by atoms with Crippen molar-refractivity contribution in [3.05, 3.63) is 24.8 Å². The van der Waals surface area contributed by atoms with Crippen LogP contribution in [0.1, 0.15) is 27.7 Å². The van der Waals surface area contributed by atoms with E-state index in [1.807, 2.05) is 44.5 Å². The highest BCUT2D eigenvalue weighted by molar-refractivity contribution is 6.61. The van der Waals surface area contributed by atoms with Gasteiger partial charge in [-0.15, -0.1) is 0 Å². The first-order valence-corrected chi connectivity index (χ1v) is 6.03. The summed E-state index contributed by atoms with van der Waals surface area (Å²) in [5, 5.41) is 0. The highest BCUT2D eigenvalue weighted by Crippen LogP contribution is 2.36. The van der Waals surface area contributed by atoms with Crippen LogP contribution in [0.3, 0.4) is 0 Å². The number of fused-ring (bicyclic) bond motifs is 1. The van der Waals surface area contributed by atoms with Crippen LogP contribution in [0, 0.1) is 0 Å². The zero-order valence-corrected chi connectivity index (χ0v) is 11.0. The molecule has 0 aromatic carbocycles. The summed E-state index contributed by atoms with van der Waals surface area (Å²) in [5.41, 5.74) is 0.890. The van der Waals surface area contributed by atoms with Gasteiger partial charge >= 0.3 is 7.12 Å². The molecule has 1 aliphatic heterocycles. The lowest BCUT2D eigenvalue weighted by atomic mass is 9.85. The van der Waals surface area contributed by atoms with Gasteiger partial charge in [-0.2, -0.15) is 0 Å². The average molecular weight is 245 g/mol. The Hall–Kier alpha value is -1.40. The summed E-state index contributed by atoms with van der Waals surface area (Å²) in [6.45, 7) is 8.12. The molecule has 1 fully saturated rings. The average Bonchev–Trinajstić information content (AvgIpc) is 2.80. The number of imidazole rings is 1. The Bertz CT molecular complexity index is 578. The maximum absolute atomic E-state index is 5.96. The molecule has 0 aliphatic carbocycles. The predicted molar refractivity (Wildman–Crippen MR) is 68.7 cm³/mol.